The average molecular weight is 298 g/mol. The Hall–Kier alpha value is -0.795. The molecule has 0 bridgehead atoms. The van der Waals surface area contributed by atoms with E-state index in [1.54, 1.807) is 0 Å². The van der Waals surface area contributed by atoms with E-state index >= 15 is 0 Å². The molecule has 118 valence electrons. The van der Waals surface area contributed by atoms with Gasteiger partial charge in [0, 0.05) is 0 Å². The fourth-order valence-corrected chi connectivity index (χ4v) is 4.35. The maximum absolute atomic E-state index is 6.15. The van der Waals surface area contributed by atoms with Crippen LogP contribution >= 0.6 is 0 Å². The van der Waals surface area contributed by atoms with Crippen molar-refractivity contribution in [3.8, 4) is 0 Å². The number of hydrogen-bond donors (Lipinski definition) is 0. The highest BCUT2D eigenvalue weighted by molar-refractivity contribution is 6.62. The first-order valence-electron chi connectivity index (χ1n) is 8.80. The fourth-order valence-electron chi connectivity index (χ4n) is 4.35. The van der Waals surface area contributed by atoms with Crippen molar-refractivity contribution in [2.24, 2.45) is 5.92 Å². The van der Waals surface area contributed by atoms with E-state index in [0.29, 0.717) is 5.41 Å². The van der Waals surface area contributed by atoms with E-state index in [4.69, 9.17) is 9.31 Å². The first-order valence-corrected chi connectivity index (χ1v) is 8.80. The molecule has 2 nitrogen and oxygen atoms in total. The highest BCUT2D eigenvalue weighted by atomic mass is 16.7. The Balaban J connectivity index is 1.54. The molecule has 0 spiro atoms. The molecule has 3 heteroatoms. The molecule has 22 heavy (non-hydrogen) atoms. The monoisotopic (exact) mass is 298 g/mol. The van der Waals surface area contributed by atoms with Crippen molar-refractivity contribution in [2.75, 3.05) is 0 Å². The highest BCUT2D eigenvalue weighted by Crippen LogP contribution is 2.62. The molecule has 4 rings (SSSR count). The zero-order valence-corrected chi connectivity index (χ0v) is 14.3. The second kappa shape index (κ2) is 4.61. The lowest BCUT2D eigenvalue weighted by Gasteiger charge is -2.32. The lowest BCUT2D eigenvalue weighted by Crippen LogP contribution is -2.41. The van der Waals surface area contributed by atoms with Gasteiger partial charge in [-0.2, -0.15) is 0 Å². The van der Waals surface area contributed by atoms with E-state index < -0.39 is 0 Å². The molecule has 2 atom stereocenters. The van der Waals surface area contributed by atoms with Crippen molar-refractivity contribution in [2.45, 2.75) is 76.4 Å². The van der Waals surface area contributed by atoms with Crippen LogP contribution in [0.2, 0.25) is 0 Å². The molecule has 1 aromatic carbocycles. The average Bonchev–Trinajstić information content (AvgIpc) is 3.17. The van der Waals surface area contributed by atoms with Gasteiger partial charge in [0.25, 0.3) is 0 Å². The zero-order chi connectivity index (χ0) is 15.6. The Morgan fingerprint density at radius 1 is 0.955 bits per heavy atom. The minimum Gasteiger partial charge on any atom is -0.399 e. The van der Waals surface area contributed by atoms with Crippen molar-refractivity contribution in [1.82, 2.24) is 0 Å². The molecule has 1 saturated heterocycles. The van der Waals surface area contributed by atoms with E-state index in [1.165, 1.54) is 37.7 Å². The summed E-state index contributed by atoms with van der Waals surface area (Å²) in [5.74, 6) is 0.948. The lowest BCUT2D eigenvalue weighted by molar-refractivity contribution is 0.00578. The van der Waals surface area contributed by atoms with E-state index in [1.807, 2.05) is 0 Å². The highest BCUT2D eigenvalue weighted by Gasteiger charge is 2.56. The first kappa shape index (κ1) is 14.8. The van der Waals surface area contributed by atoms with E-state index in [9.17, 15) is 0 Å². The summed E-state index contributed by atoms with van der Waals surface area (Å²) in [5, 5.41) is 0. The van der Waals surface area contributed by atoms with Crippen LogP contribution in [-0.4, -0.2) is 18.3 Å². The summed E-state index contributed by atoms with van der Waals surface area (Å²) < 4.78 is 12.3. The maximum Gasteiger partial charge on any atom is 0.494 e. The summed E-state index contributed by atoms with van der Waals surface area (Å²) in [5.41, 5.74) is 2.68. The number of hydrogen-bond acceptors (Lipinski definition) is 2. The van der Waals surface area contributed by atoms with Crippen molar-refractivity contribution < 1.29 is 9.31 Å². The van der Waals surface area contributed by atoms with E-state index in [2.05, 4.69) is 52.0 Å². The molecule has 0 aromatic heterocycles. The second-order valence-electron chi connectivity index (χ2n) is 8.51. The lowest BCUT2D eigenvalue weighted by atomic mass is 9.76. The van der Waals surface area contributed by atoms with Crippen LogP contribution in [0.25, 0.3) is 0 Å². The van der Waals surface area contributed by atoms with Gasteiger partial charge in [-0.1, -0.05) is 37.1 Å². The smallest absolute Gasteiger partial charge is 0.399 e. The third kappa shape index (κ3) is 2.09. The summed E-state index contributed by atoms with van der Waals surface area (Å²) in [6.07, 6.45) is 7.04. The number of fused-ring (bicyclic) bond motifs is 1. The summed E-state index contributed by atoms with van der Waals surface area (Å²) >= 11 is 0. The predicted octanol–water partition coefficient (Wildman–Crippen LogP) is 3.82. The molecule has 1 heterocycles. The van der Waals surface area contributed by atoms with Crippen LogP contribution in [0.5, 0.6) is 0 Å². The van der Waals surface area contributed by atoms with Gasteiger partial charge in [0.2, 0.25) is 0 Å². The van der Waals surface area contributed by atoms with Crippen molar-refractivity contribution in [1.29, 1.82) is 0 Å². The topological polar surface area (TPSA) is 18.5 Å². The SMILES string of the molecule is CC1(C)OB(c2ccc(C34CCCCC3C4)cc2)OC1(C)C. The third-order valence-electron chi connectivity index (χ3n) is 6.67. The van der Waals surface area contributed by atoms with Gasteiger partial charge in [0.1, 0.15) is 0 Å². The summed E-state index contributed by atoms with van der Waals surface area (Å²) in [6, 6.07) is 9.09. The van der Waals surface area contributed by atoms with Gasteiger partial charge in [-0.3, -0.25) is 0 Å². The first-order chi connectivity index (χ1) is 10.3. The van der Waals surface area contributed by atoms with Gasteiger partial charge in [0.05, 0.1) is 11.2 Å². The standard InChI is InChI=1S/C19H27BO2/c1-17(2)18(3,4)22-20(21-17)16-10-8-14(9-11-16)19-12-6-5-7-15(19)13-19/h8-11,15H,5-7,12-13H2,1-4H3. The summed E-state index contributed by atoms with van der Waals surface area (Å²) in [4.78, 5) is 0. The summed E-state index contributed by atoms with van der Waals surface area (Å²) in [7, 11) is -0.238. The molecule has 3 fully saturated rings. The Morgan fingerprint density at radius 3 is 2.18 bits per heavy atom. The minimum absolute atomic E-state index is 0.238. The Labute approximate surface area is 134 Å². The zero-order valence-electron chi connectivity index (χ0n) is 14.3. The Morgan fingerprint density at radius 2 is 1.59 bits per heavy atom. The largest absolute Gasteiger partial charge is 0.494 e. The van der Waals surface area contributed by atoms with Crippen LogP contribution in [0.3, 0.4) is 0 Å². The molecule has 2 aliphatic carbocycles. The van der Waals surface area contributed by atoms with Crippen LogP contribution in [0.1, 0.15) is 65.4 Å². The quantitative estimate of drug-likeness (QED) is 0.773. The van der Waals surface area contributed by atoms with Crippen LogP contribution in [0, 0.1) is 5.92 Å². The van der Waals surface area contributed by atoms with Crippen LogP contribution < -0.4 is 5.46 Å². The van der Waals surface area contributed by atoms with Crippen LogP contribution in [0.15, 0.2) is 24.3 Å². The van der Waals surface area contributed by atoms with Gasteiger partial charge >= 0.3 is 7.12 Å². The predicted molar refractivity (Wildman–Crippen MR) is 90.4 cm³/mol. The molecule has 2 saturated carbocycles. The molecular formula is C19H27BO2. The van der Waals surface area contributed by atoms with E-state index in [0.717, 1.165) is 11.4 Å². The minimum atomic E-state index is -0.264. The molecule has 0 amide bonds. The molecule has 1 aromatic rings. The molecule has 0 N–H and O–H groups in total. The Kier molecular flexibility index (Phi) is 3.10. The summed E-state index contributed by atoms with van der Waals surface area (Å²) in [6.45, 7) is 8.43. The Bertz CT molecular complexity index is 562. The number of rotatable bonds is 2. The van der Waals surface area contributed by atoms with Gasteiger partial charge in [-0.25, -0.2) is 0 Å². The second-order valence-corrected chi connectivity index (χ2v) is 8.51. The fraction of sp³-hybridized carbons (Fsp3) is 0.684. The molecule has 1 aliphatic heterocycles. The van der Waals surface area contributed by atoms with Gasteiger partial charge in [-0.15, -0.1) is 0 Å². The normalized spacial score (nSPS) is 35.3. The maximum atomic E-state index is 6.15. The van der Waals surface area contributed by atoms with Crippen LogP contribution in [0.4, 0.5) is 0 Å². The molecule has 3 aliphatic rings. The van der Waals surface area contributed by atoms with Crippen molar-refractivity contribution in [3.63, 3.8) is 0 Å². The molecular weight excluding hydrogens is 271 g/mol. The van der Waals surface area contributed by atoms with Crippen molar-refractivity contribution >= 4 is 12.6 Å². The van der Waals surface area contributed by atoms with Gasteiger partial charge in [0.15, 0.2) is 0 Å². The van der Waals surface area contributed by atoms with Gasteiger partial charge in [-0.05, 0) is 69.3 Å². The number of benzene rings is 1. The third-order valence-corrected chi connectivity index (χ3v) is 6.67. The van der Waals surface area contributed by atoms with Crippen molar-refractivity contribution in [3.05, 3.63) is 29.8 Å². The van der Waals surface area contributed by atoms with E-state index in [-0.39, 0.29) is 18.3 Å². The van der Waals surface area contributed by atoms with Crippen LogP contribution in [-0.2, 0) is 14.7 Å². The molecule has 2 unspecified atom stereocenters. The van der Waals surface area contributed by atoms with Gasteiger partial charge < -0.3 is 9.31 Å². The molecule has 0 radical (unpaired) electrons.